The summed E-state index contributed by atoms with van der Waals surface area (Å²) in [4.78, 5) is 27.9. The van der Waals surface area contributed by atoms with Gasteiger partial charge in [0.1, 0.15) is 11.3 Å². The van der Waals surface area contributed by atoms with Gasteiger partial charge in [0.05, 0.1) is 24.7 Å². The number of fused-ring (bicyclic) bond motifs is 1. The number of carbonyl (C=O) groups excluding carboxylic acids is 1. The zero-order chi connectivity index (χ0) is 19.4. The van der Waals surface area contributed by atoms with Gasteiger partial charge in [-0.25, -0.2) is 4.79 Å². The number of aromatic nitrogens is 1. The zero-order valence-electron chi connectivity index (χ0n) is 15.1. The van der Waals surface area contributed by atoms with Crippen LogP contribution in [0.3, 0.4) is 0 Å². The van der Waals surface area contributed by atoms with Gasteiger partial charge in [-0.3, -0.25) is 9.78 Å². The molecule has 0 atom stereocenters. The highest BCUT2D eigenvalue weighted by Crippen LogP contribution is 2.29. The average molecular weight is 368 g/mol. The van der Waals surface area contributed by atoms with Crippen molar-refractivity contribution in [2.45, 2.75) is 26.4 Å². The standard InChI is InChI=1S/C20H20N2O5/c1-12-14-3-4-17(23)16(11-22-10-13-5-7-21-8-6-13)19(14)27-20(25)15(12)9-18(24)26-2/h3-8,22-23H,9-11H2,1-2H3. The Balaban J connectivity index is 1.94. The molecule has 0 aliphatic rings. The van der Waals surface area contributed by atoms with Gasteiger partial charge >= 0.3 is 11.6 Å². The number of hydrogen-bond acceptors (Lipinski definition) is 7. The molecule has 0 bridgehead atoms. The van der Waals surface area contributed by atoms with E-state index in [2.05, 4.69) is 15.0 Å². The first-order chi connectivity index (χ1) is 13.0. The molecular weight excluding hydrogens is 348 g/mol. The SMILES string of the molecule is COC(=O)Cc1c(C)c2ccc(O)c(CNCc3ccncc3)c2oc1=O. The molecule has 3 aromatic rings. The molecule has 7 nitrogen and oxygen atoms in total. The molecule has 27 heavy (non-hydrogen) atoms. The van der Waals surface area contributed by atoms with Gasteiger partial charge in [0.25, 0.3) is 0 Å². The number of methoxy groups -OCH3 is 1. The maximum Gasteiger partial charge on any atom is 0.340 e. The van der Waals surface area contributed by atoms with E-state index in [1.807, 2.05) is 12.1 Å². The van der Waals surface area contributed by atoms with Crippen molar-refractivity contribution in [3.05, 3.63) is 69.3 Å². The molecule has 0 unspecified atom stereocenters. The number of esters is 1. The highest BCUT2D eigenvalue weighted by atomic mass is 16.5. The number of rotatable bonds is 6. The number of nitrogens with one attached hydrogen (secondary N) is 1. The van der Waals surface area contributed by atoms with Crippen LogP contribution < -0.4 is 10.9 Å². The van der Waals surface area contributed by atoms with E-state index in [-0.39, 0.29) is 17.7 Å². The number of phenolic OH excluding ortho intramolecular Hbond substituents is 1. The predicted molar refractivity (Wildman–Crippen MR) is 99.4 cm³/mol. The summed E-state index contributed by atoms with van der Waals surface area (Å²) in [6.45, 7) is 2.63. The first-order valence-electron chi connectivity index (χ1n) is 8.44. The van der Waals surface area contributed by atoms with Gasteiger partial charge in [-0.05, 0) is 42.3 Å². The van der Waals surface area contributed by atoms with Crippen LogP contribution in [0.1, 0.15) is 22.3 Å². The Hall–Kier alpha value is -3.19. The number of hydrogen-bond donors (Lipinski definition) is 2. The van der Waals surface area contributed by atoms with Gasteiger partial charge < -0.3 is 19.6 Å². The van der Waals surface area contributed by atoms with Gasteiger partial charge in [-0.15, -0.1) is 0 Å². The molecule has 0 spiro atoms. The lowest BCUT2D eigenvalue weighted by molar-refractivity contribution is -0.139. The Morgan fingerprint density at radius 2 is 1.93 bits per heavy atom. The largest absolute Gasteiger partial charge is 0.507 e. The molecule has 0 aliphatic carbocycles. The van der Waals surface area contributed by atoms with Gasteiger partial charge in [0.2, 0.25) is 0 Å². The second kappa shape index (κ2) is 8.01. The van der Waals surface area contributed by atoms with E-state index in [1.165, 1.54) is 7.11 Å². The Morgan fingerprint density at radius 3 is 2.63 bits per heavy atom. The van der Waals surface area contributed by atoms with Crippen molar-refractivity contribution < 1.29 is 19.1 Å². The zero-order valence-corrected chi connectivity index (χ0v) is 15.1. The van der Waals surface area contributed by atoms with Crippen LogP contribution in [0.25, 0.3) is 11.0 Å². The number of nitrogens with zero attached hydrogens (tertiary/aromatic N) is 1. The number of carbonyl (C=O) groups is 1. The third-order valence-electron chi connectivity index (χ3n) is 4.46. The maximum atomic E-state index is 12.4. The van der Waals surface area contributed by atoms with Gasteiger partial charge in [-0.2, -0.15) is 0 Å². The number of pyridine rings is 1. The van der Waals surface area contributed by atoms with Crippen LogP contribution in [-0.2, 0) is 29.0 Å². The summed E-state index contributed by atoms with van der Waals surface area (Å²) in [5.74, 6) is -0.476. The Morgan fingerprint density at radius 1 is 1.19 bits per heavy atom. The topological polar surface area (TPSA) is 102 Å². The van der Waals surface area contributed by atoms with E-state index in [0.717, 1.165) is 5.56 Å². The van der Waals surface area contributed by atoms with E-state index in [1.54, 1.807) is 31.5 Å². The van der Waals surface area contributed by atoms with Crippen LogP contribution in [-0.4, -0.2) is 23.2 Å². The highest BCUT2D eigenvalue weighted by Gasteiger charge is 2.18. The van der Waals surface area contributed by atoms with Crippen molar-refractivity contribution in [3.63, 3.8) is 0 Å². The molecule has 3 rings (SSSR count). The monoisotopic (exact) mass is 368 g/mol. The number of ether oxygens (including phenoxy) is 1. The van der Waals surface area contributed by atoms with Crippen LogP contribution in [0.2, 0.25) is 0 Å². The Bertz CT molecular complexity index is 1030. The maximum absolute atomic E-state index is 12.4. The number of aromatic hydroxyl groups is 1. The molecule has 0 saturated heterocycles. The fourth-order valence-electron chi connectivity index (χ4n) is 2.92. The quantitative estimate of drug-likeness (QED) is 0.508. The number of phenols is 1. The van der Waals surface area contributed by atoms with Crippen molar-refractivity contribution in [1.29, 1.82) is 0 Å². The summed E-state index contributed by atoms with van der Waals surface area (Å²) in [5.41, 5.74) is 2.14. The minimum Gasteiger partial charge on any atom is -0.507 e. The molecule has 1 aromatic carbocycles. The first-order valence-corrected chi connectivity index (χ1v) is 8.44. The molecule has 2 heterocycles. The highest BCUT2D eigenvalue weighted by molar-refractivity contribution is 5.87. The summed E-state index contributed by atoms with van der Waals surface area (Å²) < 4.78 is 10.1. The molecule has 2 aromatic heterocycles. The van der Waals surface area contributed by atoms with Crippen molar-refractivity contribution in [2.75, 3.05) is 7.11 Å². The van der Waals surface area contributed by atoms with Gasteiger partial charge in [0, 0.05) is 30.9 Å². The Kier molecular flexibility index (Phi) is 5.52. The van der Waals surface area contributed by atoms with Crippen LogP contribution in [0.5, 0.6) is 5.75 Å². The lowest BCUT2D eigenvalue weighted by Crippen LogP contribution is -2.17. The van der Waals surface area contributed by atoms with Crippen LogP contribution in [0, 0.1) is 6.92 Å². The molecule has 140 valence electrons. The van der Waals surface area contributed by atoms with E-state index < -0.39 is 11.6 Å². The summed E-state index contributed by atoms with van der Waals surface area (Å²) >= 11 is 0. The fraction of sp³-hybridized carbons (Fsp3) is 0.250. The predicted octanol–water partition coefficient (Wildman–Crippen LogP) is 2.21. The number of benzene rings is 1. The fourth-order valence-corrected chi connectivity index (χ4v) is 2.92. The van der Waals surface area contributed by atoms with Crippen molar-refractivity contribution in [2.24, 2.45) is 0 Å². The molecule has 2 N–H and O–H groups in total. The van der Waals surface area contributed by atoms with Gasteiger partial charge in [0.15, 0.2) is 0 Å². The second-order valence-electron chi connectivity index (χ2n) is 6.14. The lowest BCUT2D eigenvalue weighted by atomic mass is 10.0. The first kappa shape index (κ1) is 18.6. The molecule has 0 aliphatic heterocycles. The van der Waals surface area contributed by atoms with Gasteiger partial charge in [-0.1, -0.05) is 0 Å². The summed E-state index contributed by atoms with van der Waals surface area (Å²) in [5, 5.41) is 14.1. The van der Waals surface area contributed by atoms with Crippen LogP contribution in [0.15, 0.2) is 45.9 Å². The summed E-state index contributed by atoms with van der Waals surface area (Å²) in [6.07, 6.45) is 3.26. The normalized spacial score (nSPS) is 10.9. The molecule has 0 amide bonds. The summed E-state index contributed by atoms with van der Waals surface area (Å²) in [6, 6.07) is 7.01. The molecule has 7 heteroatoms. The van der Waals surface area contributed by atoms with E-state index in [9.17, 15) is 14.7 Å². The molecular formula is C20H20N2O5. The second-order valence-corrected chi connectivity index (χ2v) is 6.14. The van der Waals surface area contributed by atoms with E-state index >= 15 is 0 Å². The smallest absolute Gasteiger partial charge is 0.340 e. The lowest BCUT2D eigenvalue weighted by Gasteiger charge is -2.12. The average Bonchev–Trinajstić information content (AvgIpc) is 2.67. The molecule has 0 fully saturated rings. The third-order valence-corrected chi connectivity index (χ3v) is 4.46. The third kappa shape index (κ3) is 3.98. The van der Waals surface area contributed by atoms with Crippen molar-refractivity contribution in [1.82, 2.24) is 10.3 Å². The van der Waals surface area contributed by atoms with Crippen molar-refractivity contribution >= 4 is 16.9 Å². The van der Waals surface area contributed by atoms with Crippen LogP contribution in [0.4, 0.5) is 0 Å². The van der Waals surface area contributed by atoms with E-state index in [0.29, 0.717) is 35.2 Å². The minimum absolute atomic E-state index is 0.0352. The summed E-state index contributed by atoms with van der Waals surface area (Å²) in [7, 11) is 1.27. The minimum atomic E-state index is -0.605. The Labute approximate surface area is 155 Å². The van der Waals surface area contributed by atoms with Crippen molar-refractivity contribution in [3.8, 4) is 5.75 Å². The van der Waals surface area contributed by atoms with Crippen LogP contribution >= 0.6 is 0 Å². The molecule has 0 radical (unpaired) electrons. The molecule has 0 saturated carbocycles. The number of aryl methyl sites for hydroxylation is 1. The van der Waals surface area contributed by atoms with E-state index in [4.69, 9.17) is 4.42 Å².